The highest BCUT2D eigenvalue weighted by atomic mass is 16.2. The largest absolute Gasteiger partial charge is 0.275 e. The number of hydrazine groups is 1. The van der Waals surface area contributed by atoms with Crippen molar-refractivity contribution in [3.63, 3.8) is 0 Å². The molecule has 22 heavy (non-hydrogen) atoms. The number of carbonyl (C=O) groups excluding carboxylic acids is 2. The number of carbonyl (C=O) groups is 2. The average Bonchev–Trinajstić information content (AvgIpc) is 2.52. The van der Waals surface area contributed by atoms with Gasteiger partial charge in [-0.15, -0.1) is 0 Å². The molecule has 114 valence electrons. The van der Waals surface area contributed by atoms with Crippen molar-refractivity contribution in [1.29, 1.82) is 0 Å². The second-order valence-electron chi connectivity index (χ2n) is 6.04. The van der Waals surface area contributed by atoms with Gasteiger partial charge < -0.3 is 0 Å². The van der Waals surface area contributed by atoms with Crippen molar-refractivity contribution in [3.05, 3.63) is 71.8 Å². The molecular formula is C18H20N2O2. The molecule has 0 aliphatic heterocycles. The van der Waals surface area contributed by atoms with Gasteiger partial charge in [0.2, 0.25) is 0 Å². The molecule has 2 aromatic carbocycles. The van der Waals surface area contributed by atoms with Crippen LogP contribution in [-0.2, 0) is 0 Å². The van der Waals surface area contributed by atoms with Gasteiger partial charge >= 0.3 is 0 Å². The maximum absolute atomic E-state index is 12.7. The van der Waals surface area contributed by atoms with Crippen LogP contribution in [0.25, 0.3) is 0 Å². The van der Waals surface area contributed by atoms with Gasteiger partial charge in [0.1, 0.15) is 0 Å². The van der Waals surface area contributed by atoms with Crippen LogP contribution in [0, 0.1) is 0 Å². The van der Waals surface area contributed by atoms with E-state index in [2.05, 4.69) is 5.43 Å². The summed E-state index contributed by atoms with van der Waals surface area (Å²) in [7, 11) is 0. The van der Waals surface area contributed by atoms with Gasteiger partial charge in [-0.2, -0.15) is 0 Å². The molecule has 0 spiro atoms. The van der Waals surface area contributed by atoms with Crippen molar-refractivity contribution in [3.8, 4) is 0 Å². The number of imide groups is 1. The van der Waals surface area contributed by atoms with E-state index in [4.69, 9.17) is 0 Å². The highest BCUT2D eigenvalue weighted by Crippen LogP contribution is 2.11. The lowest BCUT2D eigenvalue weighted by Gasteiger charge is -2.30. The van der Waals surface area contributed by atoms with E-state index in [0.717, 1.165) is 5.01 Å². The van der Waals surface area contributed by atoms with Gasteiger partial charge in [0.15, 0.2) is 0 Å². The molecular weight excluding hydrogens is 276 g/mol. The molecule has 0 heterocycles. The van der Waals surface area contributed by atoms with E-state index < -0.39 is 5.54 Å². The summed E-state index contributed by atoms with van der Waals surface area (Å²) in [4.78, 5) is 25.4. The fraction of sp³-hybridized carbons (Fsp3) is 0.222. The van der Waals surface area contributed by atoms with Crippen molar-refractivity contribution in [1.82, 2.24) is 10.4 Å². The first-order chi connectivity index (χ1) is 10.4. The maximum Gasteiger partial charge on any atom is 0.275 e. The molecule has 0 aromatic heterocycles. The van der Waals surface area contributed by atoms with Gasteiger partial charge in [-0.05, 0) is 45.0 Å². The van der Waals surface area contributed by atoms with Crippen molar-refractivity contribution < 1.29 is 9.59 Å². The molecule has 0 atom stereocenters. The molecule has 4 nitrogen and oxygen atoms in total. The zero-order valence-corrected chi connectivity index (χ0v) is 13.0. The van der Waals surface area contributed by atoms with Crippen LogP contribution in [0.1, 0.15) is 41.5 Å². The van der Waals surface area contributed by atoms with Crippen LogP contribution in [0.5, 0.6) is 0 Å². The molecule has 0 aliphatic rings. The van der Waals surface area contributed by atoms with Crippen LogP contribution >= 0.6 is 0 Å². The lowest BCUT2D eigenvalue weighted by atomic mass is 10.1. The van der Waals surface area contributed by atoms with E-state index in [1.807, 2.05) is 32.9 Å². The summed E-state index contributed by atoms with van der Waals surface area (Å²) in [5.41, 5.74) is 3.49. The second-order valence-corrected chi connectivity index (χ2v) is 6.04. The Morgan fingerprint density at radius 2 is 1.14 bits per heavy atom. The third-order valence-corrected chi connectivity index (χ3v) is 2.89. The minimum atomic E-state index is -0.422. The van der Waals surface area contributed by atoms with Crippen molar-refractivity contribution >= 4 is 11.8 Å². The summed E-state index contributed by atoms with van der Waals surface area (Å²) in [6, 6.07) is 17.5. The Morgan fingerprint density at radius 3 is 1.45 bits per heavy atom. The SMILES string of the molecule is CC(C)(C)NN(C(=O)c1ccccc1)C(=O)c1ccccc1. The summed E-state index contributed by atoms with van der Waals surface area (Å²) < 4.78 is 0. The Balaban J connectivity index is 2.35. The Morgan fingerprint density at radius 1 is 0.773 bits per heavy atom. The highest BCUT2D eigenvalue weighted by molar-refractivity contribution is 6.09. The Kier molecular flexibility index (Phi) is 4.73. The quantitative estimate of drug-likeness (QED) is 0.698. The summed E-state index contributed by atoms with van der Waals surface area (Å²) in [6.45, 7) is 5.70. The molecule has 0 saturated heterocycles. The van der Waals surface area contributed by atoms with Gasteiger partial charge in [0.05, 0.1) is 0 Å². The number of amides is 2. The van der Waals surface area contributed by atoms with Crippen molar-refractivity contribution in [2.75, 3.05) is 0 Å². The van der Waals surface area contributed by atoms with Crippen LogP contribution in [0.4, 0.5) is 0 Å². The molecule has 2 aromatic rings. The van der Waals surface area contributed by atoms with E-state index in [1.165, 1.54) is 0 Å². The molecule has 0 unspecified atom stereocenters. The predicted octanol–water partition coefficient (Wildman–Crippen LogP) is 3.27. The van der Waals surface area contributed by atoms with Gasteiger partial charge in [-0.25, -0.2) is 10.4 Å². The van der Waals surface area contributed by atoms with E-state index in [1.54, 1.807) is 48.5 Å². The highest BCUT2D eigenvalue weighted by Gasteiger charge is 2.27. The zero-order chi connectivity index (χ0) is 16.2. The summed E-state index contributed by atoms with van der Waals surface area (Å²) in [5, 5.41) is 1.09. The van der Waals surface area contributed by atoms with Crippen LogP contribution in [0.15, 0.2) is 60.7 Å². The summed E-state index contributed by atoms with van der Waals surface area (Å²) >= 11 is 0. The predicted molar refractivity (Wildman–Crippen MR) is 86.3 cm³/mol. The lowest BCUT2D eigenvalue weighted by Crippen LogP contribution is -2.54. The standard InChI is InChI=1S/C18H20N2O2/c1-18(2,3)19-20(16(21)14-10-6-4-7-11-14)17(22)15-12-8-5-9-13-15/h4-13,19H,1-3H3. The lowest BCUT2D eigenvalue weighted by molar-refractivity contribution is 0.0452. The van der Waals surface area contributed by atoms with Gasteiger partial charge in [-0.1, -0.05) is 36.4 Å². The number of hydrogen-bond donors (Lipinski definition) is 1. The van der Waals surface area contributed by atoms with Crippen LogP contribution in [0.3, 0.4) is 0 Å². The monoisotopic (exact) mass is 296 g/mol. The number of benzene rings is 2. The maximum atomic E-state index is 12.7. The normalized spacial score (nSPS) is 11.0. The molecule has 2 amide bonds. The molecule has 0 radical (unpaired) electrons. The minimum absolute atomic E-state index is 0.371. The van der Waals surface area contributed by atoms with E-state index >= 15 is 0 Å². The zero-order valence-electron chi connectivity index (χ0n) is 13.0. The van der Waals surface area contributed by atoms with Gasteiger partial charge in [0, 0.05) is 16.7 Å². The fourth-order valence-electron chi connectivity index (χ4n) is 1.95. The van der Waals surface area contributed by atoms with Crippen LogP contribution in [0.2, 0.25) is 0 Å². The Bertz CT molecular complexity index is 594. The fourth-order valence-corrected chi connectivity index (χ4v) is 1.95. The molecule has 0 fully saturated rings. The number of rotatable bonds is 3. The number of hydrogen-bond acceptors (Lipinski definition) is 3. The summed E-state index contributed by atoms with van der Waals surface area (Å²) in [5.74, 6) is -0.742. The second kappa shape index (κ2) is 6.54. The molecule has 0 saturated carbocycles. The summed E-state index contributed by atoms with van der Waals surface area (Å²) in [6.07, 6.45) is 0. The third kappa shape index (κ3) is 4.02. The van der Waals surface area contributed by atoms with Crippen molar-refractivity contribution in [2.45, 2.75) is 26.3 Å². The topological polar surface area (TPSA) is 49.4 Å². The molecule has 1 N–H and O–H groups in total. The molecule has 0 aliphatic carbocycles. The molecule has 4 heteroatoms. The first kappa shape index (κ1) is 15.9. The third-order valence-electron chi connectivity index (χ3n) is 2.89. The average molecular weight is 296 g/mol. The van der Waals surface area contributed by atoms with Gasteiger partial charge in [0.25, 0.3) is 11.8 Å². The first-order valence-electron chi connectivity index (χ1n) is 7.15. The number of nitrogens with zero attached hydrogens (tertiary/aromatic N) is 1. The van der Waals surface area contributed by atoms with Crippen LogP contribution < -0.4 is 5.43 Å². The minimum Gasteiger partial charge on any atom is -0.267 e. The van der Waals surface area contributed by atoms with E-state index in [0.29, 0.717) is 11.1 Å². The molecule has 0 bridgehead atoms. The van der Waals surface area contributed by atoms with Gasteiger partial charge in [-0.3, -0.25) is 9.59 Å². The first-order valence-corrected chi connectivity index (χ1v) is 7.15. The van der Waals surface area contributed by atoms with E-state index in [9.17, 15) is 9.59 Å². The molecule has 2 rings (SSSR count). The Labute approximate surface area is 130 Å². The van der Waals surface area contributed by atoms with Crippen molar-refractivity contribution in [2.24, 2.45) is 0 Å². The number of nitrogens with one attached hydrogen (secondary N) is 1. The van der Waals surface area contributed by atoms with Crippen LogP contribution in [-0.4, -0.2) is 22.4 Å². The Hall–Kier alpha value is -2.46. The smallest absolute Gasteiger partial charge is 0.267 e. The van der Waals surface area contributed by atoms with E-state index in [-0.39, 0.29) is 11.8 Å².